The van der Waals surface area contributed by atoms with Gasteiger partial charge < -0.3 is 0 Å². The highest BCUT2D eigenvalue weighted by Crippen LogP contribution is 2.17. The van der Waals surface area contributed by atoms with E-state index in [1.54, 1.807) is 0 Å². The third-order valence-corrected chi connectivity index (χ3v) is 2.64. The fraction of sp³-hybridized carbons (Fsp3) is 0.273. The van der Waals surface area contributed by atoms with Crippen LogP contribution in [0.1, 0.15) is 26.5 Å². The Morgan fingerprint density at radius 2 is 2.14 bits per heavy atom. The van der Waals surface area contributed by atoms with Gasteiger partial charge in [-0.05, 0) is 43.4 Å². The topological polar surface area (TPSA) is 25.8 Å². The molecule has 0 unspecified atom stereocenters. The van der Waals surface area contributed by atoms with Crippen molar-refractivity contribution in [3.63, 3.8) is 0 Å². The predicted molar refractivity (Wildman–Crippen MR) is 62.1 cm³/mol. The molecule has 0 aliphatic rings. The Kier molecular flexibility index (Phi) is 3.77. The van der Waals surface area contributed by atoms with Crippen LogP contribution in [0.3, 0.4) is 0 Å². The lowest BCUT2D eigenvalue weighted by atomic mass is 10.1. The van der Waals surface area contributed by atoms with Crippen LogP contribution >= 0.6 is 11.5 Å². The number of rotatable bonds is 3. The number of hydrogen-bond donors (Lipinski definition) is 0. The van der Waals surface area contributed by atoms with Crippen molar-refractivity contribution in [2.24, 2.45) is 0 Å². The van der Waals surface area contributed by atoms with Crippen LogP contribution in [0.25, 0.3) is 5.57 Å². The largest absolute Gasteiger partial charge is 0.138 e. The first-order valence-electron chi connectivity index (χ1n) is 4.43. The van der Waals surface area contributed by atoms with Crippen LogP contribution in [-0.4, -0.2) is 9.59 Å². The molecular formula is C11H14N2S. The summed E-state index contributed by atoms with van der Waals surface area (Å²) in [5.41, 5.74) is 4.25. The van der Waals surface area contributed by atoms with Crippen molar-refractivity contribution < 1.29 is 0 Å². The summed E-state index contributed by atoms with van der Waals surface area (Å²) >= 11 is 1.34. The van der Waals surface area contributed by atoms with E-state index in [1.807, 2.05) is 18.4 Å². The molecule has 0 bridgehead atoms. The average Bonchev–Trinajstić information content (AvgIpc) is 2.69. The quantitative estimate of drug-likeness (QED) is 0.708. The van der Waals surface area contributed by atoms with E-state index in [4.69, 9.17) is 0 Å². The highest BCUT2D eigenvalue weighted by Gasteiger charge is 2.00. The van der Waals surface area contributed by atoms with Crippen LogP contribution in [0.5, 0.6) is 0 Å². The summed E-state index contributed by atoms with van der Waals surface area (Å²) in [5, 5.41) is 5.86. The molecule has 1 aromatic heterocycles. The summed E-state index contributed by atoms with van der Waals surface area (Å²) in [6.45, 7) is 10.1. The second kappa shape index (κ2) is 4.86. The highest BCUT2D eigenvalue weighted by atomic mass is 32.1. The lowest BCUT2D eigenvalue weighted by Gasteiger charge is -2.00. The average molecular weight is 206 g/mol. The lowest BCUT2D eigenvalue weighted by molar-refractivity contribution is 1.13. The monoisotopic (exact) mass is 206 g/mol. The van der Waals surface area contributed by atoms with E-state index in [0.29, 0.717) is 0 Å². The molecule has 0 saturated carbocycles. The second-order valence-corrected chi connectivity index (χ2v) is 3.72. The SMILES string of the molecule is C=C(/C=C(C)\C(C)=C/C)c1csnn1. The maximum atomic E-state index is 3.96. The Hall–Kier alpha value is -1.22. The molecule has 0 saturated heterocycles. The number of allylic oxidation sites excluding steroid dienone is 5. The molecule has 1 heterocycles. The molecule has 0 aromatic carbocycles. The minimum atomic E-state index is 0.859. The first-order chi connectivity index (χ1) is 6.65. The van der Waals surface area contributed by atoms with Gasteiger partial charge in [-0.15, -0.1) is 5.10 Å². The van der Waals surface area contributed by atoms with Crippen molar-refractivity contribution in [3.05, 3.63) is 41.0 Å². The molecular weight excluding hydrogens is 192 g/mol. The van der Waals surface area contributed by atoms with E-state index >= 15 is 0 Å². The van der Waals surface area contributed by atoms with E-state index < -0.39 is 0 Å². The summed E-state index contributed by atoms with van der Waals surface area (Å²) in [6, 6.07) is 0. The minimum absolute atomic E-state index is 0.859. The third kappa shape index (κ3) is 2.64. The van der Waals surface area contributed by atoms with Crippen LogP contribution in [0.15, 0.2) is 35.3 Å². The summed E-state index contributed by atoms with van der Waals surface area (Å²) in [6.07, 6.45) is 4.12. The first kappa shape index (κ1) is 10.9. The molecule has 1 rings (SSSR count). The molecule has 74 valence electrons. The molecule has 0 N–H and O–H groups in total. The van der Waals surface area contributed by atoms with E-state index in [2.05, 4.69) is 36.1 Å². The van der Waals surface area contributed by atoms with Gasteiger partial charge in [0.1, 0.15) is 5.69 Å². The van der Waals surface area contributed by atoms with Crippen molar-refractivity contribution in [3.8, 4) is 0 Å². The van der Waals surface area contributed by atoms with Gasteiger partial charge >= 0.3 is 0 Å². The minimum Gasteiger partial charge on any atom is -0.138 e. The Balaban J connectivity index is 2.84. The van der Waals surface area contributed by atoms with Crippen LogP contribution in [0.2, 0.25) is 0 Å². The van der Waals surface area contributed by atoms with Crippen LogP contribution in [0.4, 0.5) is 0 Å². The Bertz CT molecular complexity index is 372. The maximum absolute atomic E-state index is 3.96. The van der Waals surface area contributed by atoms with Gasteiger partial charge in [0.25, 0.3) is 0 Å². The molecule has 0 aliphatic carbocycles. The van der Waals surface area contributed by atoms with E-state index in [1.165, 1.54) is 22.7 Å². The van der Waals surface area contributed by atoms with Crippen molar-refractivity contribution in [1.82, 2.24) is 9.59 Å². The zero-order chi connectivity index (χ0) is 10.6. The van der Waals surface area contributed by atoms with Gasteiger partial charge in [-0.2, -0.15) is 0 Å². The molecule has 2 nitrogen and oxygen atoms in total. The summed E-state index contributed by atoms with van der Waals surface area (Å²) in [4.78, 5) is 0. The number of aromatic nitrogens is 2. The standard InChI is InChI=1S/C11H14N2S/c1-5-8(2)9(3)6-10(4)11-7-14-13-12-11/h5-7H,4H2,1-3H3/b8-5-,9-6-. The summed E-state index contributed by atoms with van der Waals surface area (Å²) in [7, 11) is 0. The molecule has 0 fully saturated rings. The molecule has 1 aromatic rings. The zero-order valence-electron chi connectivity index (χ0n) is 8.74. The fourth-order valence-electron chi connectivity index (χ4n) is 0.981. The smallest absolute Gasteiger partial charge is 0.105 e. The zero-order valence-corrected chi connectivity index (χ0v) is 9.56. The first-order valence-corrected chi connectivity index (χ1v) is 5.26. The Morgan fingerprint density at radius 3 is 2.64 bits per heavy atom. The van der Waals surface area contributed by atoms with Gasteiger partial charge in [0, 0.05) is 5.38 Å². The van der Waals surface area contributed by atoms with Crippen molar-refractivity contribution >= 4 is 17.1 Å². The van der Waals surface area contributed by atoms with E-state index in [0.717, 1.165) is 11.3 Å². The van der Waals surface area contributed by atoms with Gasteiger partial charge in [-0.1, -0.05) is 28.8 Å². The van der Waals surface area contributed by atoms with Gasteiger partial charge in [0.15, 0.2) is 0 Å². The van der Waals surface area contributed by atoms with Crippen LogP contribution in [-0.2, 0) is 0 Å². The lowest BCUT2D eigenvalue weighted by Crippen LogP contribution is -1.83. The van der Waals surface area contributed by atoms with Crippen molar-refractivity contribution in [2.75, 3.05) is 0 Å². The Labute approximate surface area is 88.8 Å². The fourth-order valence-corrected chi connectivity index (χ4v) is 1.46. The van der Waals surface area contributed by atoms with Crippen molar-refractivity contribution in [1.29, 1.82) is 0 Å². The summed E-state index contributed by atoms with van der Waals surface area (Å²) in [5.74, 6) is 0. The summed E-state index contributed by atoms with van der Waals surface area (Å²) < 4.78 is 3.80. The van der Waals surface area contributed by atoms with Gasteiger partial charge in [-0.25, -0.2) is 0 Å². The maximum Gasteiger partial charge on any atom is 0.105 e. The Morgan fingerprint density at radius 1 is 1.43 bits per heavy atom. The normalized spacial score (nSPS) is 13.1. The molecule has 0 atom stereocenters. The molecule has 0 radical (unpaired) electrons. The van der Waals surface area contributed by atoms with Crippen LogP contribution < -0.4 is 0 Å². The van der Waals surface area contributed by atoms with Gasteiger partial charge in [-0.3, -0.25) is 0 Å². The third-order valence-electron chi connectivity index (χ3n) is 2.13. The molecule has 0 amide bonds. The van der Waals surface area contributed by atoms with Gasteiger partial charge in [0.2, 0.25) is 0 Å². The number of hydrogen-bond acceptors (Lipinski definition) is 3. The molecule has 14 heavy (non-hydrogen) atoms. The predicted octanol–water partition coefficient (Wildman–Crippen LogP) is 3.46. The highest BCUT2D eigenvalue weighted by molar-refractivity contribution is 7.03. The number of nitrogens with zero attached hydrogens (tertiary/aromatic N) is 2. The molecule has 0 spiro atoms. The van der Waals surface area contributed by atoms with E-state index in [-0.39, 0.29) is 0 Å². The second-order valence-electron chi connectivity index (χ2n) is 3.11. The van der Waals surface area contributed by atoms with Gasteiger partial charge in [0.05, 0.1) is 0 Å². The molecule has 0 aliphatic heterocycles. The van der Waals surface area contributed by atoms with E-state index in [9.17, 15) is 0 Å². The van der Waals surface area contributed by atoms with Crippen LogP contribution in [0, 0.1) is 0 Å². The molecule has 3 heteroatoms. The van der Waals surface area contributed by atoms with Crippen molar-refractivity contribution in [2.45, 2.75) is 20.8 Å².